The Bertz CT molecular complexity index is 3190. The molecule has 258 valence electrons. The topological polar surface area (TPSA) is 17.8 Å². The summed E-state index contributed by atoms with van der Waals surface area (Å²) in [5.41, 5.74) is 16.2. The van der Waals surface area contributed by atoms with E-state index in [0.717, 1.165) is 35.4 Å². The Kier molecular flexibility index (Phi) is 6.34. The van der Waals surface area contributed by atoms with Gasteiger partial charge in [0.25, 0.3) is 0 Å². The molecule has 2 heteroatoms. The number of rotatable bonds is 4. The lowest BCUT2D eigenvalue weighted by molar-refractivity contribution is 0.809. The largest absolute Gasteiger partial charge is 0.296 e. The standard InChI is InChI=1S/C53H36N2/c1-2-14-49-54-47-25-11-12-26-48(47)55(49)36-16-13-15-33(32-36)34-27-29-37-35(31-34)28-30-44-50-42-21-5-3-17-38(42)39-18-4-6-22-43(39)52(50)53(51(37)44)45-23-9-7-19-40(45)41-20-8-10-24-46(41)53/h3-13,15-32H,2,14H2,1H3. The highest BCUT2D eigenvalue weighted by Gasteiger charge is 2.53. The Morgan fingerprint density at radius 2 is 1.15 bits per heavy atom. The molecule has 2 nitrogen and oxygen atoms in total. The molecule has 1 spiro atoms. The molecule has 0 N–H and O–H groups in total. The third-order valence-corrected chi connectivity index (χ3v) is 12.5. The first-order valence-electron chi connectivity index (χ1n) is 19.5. The van der Waals surface area contributed by atoms with Crippen LogP contribution in [-0.2, 0) is 11.8 Å². The average Bonchev–Trinajstić information content (AvgIpc) is 3.88. The zero-order valence-corrected chi connectivity index (χ0v) is 30.6. The van der Waals surface area contributed by atoms with Crippen molar-refractivity contribution >= 4 is 43.4 Å². The summed E-state index contributed by atoms with van der Waals surface area (Å²) in [7, 11) is 0. The number of aryl methyl sites for hydroxylation is 1. The molecule has 9 aromatic carbocycles. The molecule has 0 radical (unpaired) electrons. The van der Waals surface area contributed by atoms with Crippen LogP contribution in [0, 0.1) is 0 Å². The third-order valence-electron chi connectivity index (χ3n) is 12.5. The molecule has 0 atom stereocenters. The van der Waals surface area contributed by atoms with Gasteiger partial charge < -0.3 is 0 Å². The van der Waals surface area contributed by atoms with Gasteiger partial charge in [-0.2, -0.15) is 0 Å². The minimum Gasteiger partial charge on any atom is -0.296 e. The number of fused-ring (bicyclic) bond motifs is 18. The molecule has 0 saturated carbocycles. The molecular formula is C53H36N2. The summed E-state index contributed by atoms with van der Waals surface area (Å²) in [5.74, 6) is 1.11. The molecule has 1 aromatic heterocycles. The van der Waals surface area contributed by atoms with Gasteiger partial charge in [-0.25, -0.2) is 4.98 Å². The van der Waals surface area contributed by atoms with Gasteiger partial charge >= 0.3 is 0 Å². The summed E-state index contributed by atoms with van der Waals surface area (Å²) in [6.45, 7) is 2.22. The number of nitrogens with zero attached hydrogens (tertiary/aromatic N) is 2. The van der Waals surface area contributed by atoms with Crippen molar-refractivity contribution in [3.8, 4) is 39.1 Å². The Morgan fingerprint density at radius 1 is 0.491 bits per heavy atom. The van der Waals surface area contributed by atoms with Gasteiger partial charge in [-0.3, -0.25) is 4.57 Å². The van der Waals surface area contributed by atoms with Crippen molar-refractivity contribution in [1.29, 1.82) is 0 Å². The number of para-hydroxylation sites is 2. The van der Waals surface area contributed by atoms with E-state index in [9.17, 15) is 0 Å². The molecule has 0 aliphatic heterocycles. The SMILES string of the molecule is CCCc1nc2ccccc2n1-c1cccc(-c2ccc3c4c(ccc3c2)-c2c(c3ccccc3c3ccccc23)C42c3ccccc3-c3ccccc32)c1. The van der Waals surface area contributed by atoms with E-state index in [2.05, 4.69) is 187 Å². The second-order valence-electron chi connectivity index (χ2n) is 15.3. The molecule has 10 aromatic rings. The van der Waals surface area contributed by atoms with E-state index in [0.29, 0.717) is 0 Å². The Balaban J connectivity index is 1.14. The number of benzene rings is 9. The number of hydrogen-bond donors (Lipinski definition) is 0. The van der Waals surface area contributed by atoms with Crippen molar-refractivity contribution in [3.63, 3.8) is 0 Å². The fraction of sp³-hybridized carbons (Fsp3) is 0.0755. The van der Waals surface area contributed by atoms with Crippen molar-refractivity contribution in [2.45, 2.75) is 25.2 Å². The molecule has 0 bridgehead atoms. The molecule has 2 aliphatic rings. The molecule has 0 amide bonds. The first-order chi connectivity index (χ1) is 27.3. The fourth-order valence-corrected chi connectivity index (χ4v) is 10.4. The highest BCUT2D eigenvalue weighted by atomic mass is 15.1. The summed E-state index contributed by atoms with van der Waals surface area (Å²) in [4.78, 5) is 5.04. The maximum absolute atomic E-state index is 5.04. The van der Waals surface area contributed by atoms with Crippen LogP contribution in [0.25, 0.3) is 82.4 Å². The summed E-state index contributed by atoms with van der Waals surface area (Å²) in [5, 5.41) is 7.82. The van der Waals surface area contributed by atoms with Crippen LogP contribution >= 0.6 is 0 Å². The van der Waals surface area contributed by atoms with Crippen molar-refractivity contribution in [3.05, 3.63) is 204 Å². The van der Waals surface area contributed by atoms with E-state index in [1.54, 1.807) is 0 Å². The molecule has 55 heavy (non-hydrogen) atoms. The third kappa shape index (κ3) is 4.01. The highest BCUT2D eigenvalue weighted by molar-refractivity contribution is 6.21. The first kappa shape index (κ1) is 30.7. The zero-order chi connectivity index (χ0) is 36.3. The van der Waals surface area contributed by atoms with Gasteiger partial charge in [0.1, 0.15) is 5.82 Å². The Labute approximate surface area is 320 Å². The van der Waals surface area contributed by atoms with Crippen LogP contribution in [0.5, 0.6) is 0 Å². The maximum Gasteiger partial charge on any atom is 0.114 e. The molecular weight excluding hydrogens is 665 g/mol. The fourth-order valence-electron chi connectivity index (χ4n) is 10.4. The van der Waals surface area contributed by atoms with Gasteiger partial charge in [0.2, 0.25) is 0 Å². The lowest BCUT2D eigenvalue weighted by Gasteiger charge is -2.32. The van der Waals surface area contributed by atoms with Gasteiger partial charge in [0.05, 0.1) is 16.4 Å². The second kappa shape index (κ2) is 11.4. The molecule has 0 saturated heterocycles. The van der Waals surface area contributed by atoms with E-state index in [1.165, 1.54) is 88.0 Å². The Hall–Kier alpha value is -6.77. The smallest absolute Gasteiger partial charge is 0.114 e. The minimum atomic E-state index is -0.472. The minimum absolute atomic E-state index is 0.472. The second-order valence-corrected chi connectivity index (χ2v) is 15.3. The van der Waals surface area contributed by atoms with Crippen molar-refractivity contribution in [2.24, 2.45) is 0 Å². The van der Waals surface area contributed by atoms with E-state index >= 15 is 0 Å². The average molecular weight is 701 g/mol. The van der Waals surface area contributed by atoms with E-state index in [1.807, 2.05) is 0 Å². The predicted octanol–water partition coefficient (Wildman–Crippen LogP) is 13.4. The van der Waals surface area contributed by atoms with Gasteiger partial charge in [0.15, 0.2) is 0 Å². The number of aromatic nitrogens is 2. The zero-order valence-electron chi connectivity index (χ0n) is 30.6. The highest BCUT2D eigenvalue weighted by Crippen LogP contribution is 2.66. The number of imidazole rings is 1. The predicted molar refractivity (Wildman–Crippen MR) is 229 cm³/mol. The van der Waals surface area contributed by atoms with Crippen LogP contribution in [0.15, 0.2) is 176 Å². The van der Waals surface area contributed by atoms with Crippen LogP contribution in [-0.4, -0.2) is 9.55 Å². The van der Waals surface area contributed by atoms with Gasteiger partial charge in [-0.15, -0.1) is 0 Å². The number of hydrogen-bond acceptors (Lipinski definition) is 1. The van der Waals surface area contributed by atoms with Gasteiger partial charge in [-0.1, -0.05) is 153 Å². The van der Waals surface area contributed by atoms with Crippen LogP contribution in [0.3, 0.4) is 0 Å². The van der Waals surface area contributed by atoms with Crippen molar-refractivity contribution < 1.29 is 0 Å². The monoisotopic (exact) mass is 700 g/mol. The Morgan fingerprint density at radius 3 is 1.93 bits per heavy atom. The summed E-state index contributed by atoms with van der Waals surface area (Å²) in [6.07, 6.45) is 1.98. The van der Waals surface area contributed by atoms with Crippen LogP contribution < -0.4 is 0 Å². The van der Waals surface area contributed by atoms with Crippen LogP contribution in [0.2, 0.25) is 0 Å². The van der Waals surface area contributed by atoms with Crippen LogP contribution in [0.1, 0.15) is 41.4 Å². The first-order valence-corrected chi connectivity index (χ1v) is 19.5. The molecule has 1 heterocycles. The summed E-state index contributed by atoms with van der Waals surface area (Å²) >= 11 is 0. The van der Waals surface area contributed by atoms with Gasteiger partial charge in [0, 0.05) is 12.1 Å². The van der Waals surface area contributed by atoms with E-state index in [4.69, 9.17) is 4.98 Å². The van der Waals surface area contributed by atoms with Crippen LogP contribution in [0.4, 0.5) is 0 Å². The van der Waals surface area contributed by atoms with Crippen molar-refractivity contribution in [2.75, 3.05) is 0 Å². The lowest BCUT2D eigenvalue weighted by atomic mass is 9.68. The summed E-state index contributed by atoms with van der Waals surface area (Å²) < 4.78 is 2.35. The molecule has 12 rings (SSSR count). The normalized spacial score (nSPS) is 13.5. The molecule has 0 unspecified atom stereocenters. The lowest BCUT2D eigenvalue weighted by Crippen LogP contribution is -2.26. The van der Waals surface area contributed by atoms with E-state index < -0.39 is 5.41 Å². The van der Waals surface area contributed by atoms with Gasteiger partial charge in [-0.05, 0) is 125 Å². The molecule has 0 fully saturated rings. The summed E-state index contributed by atoms with van der Waals surface area (Å²) in [6, 6.07) is 65.9. The van der Waals surface area contributed by atoms with E-state index in [-0.39, 0.29) is 0 Å². The quantitative estimate of drug-likeness (QED) is 0.167. The molecule has 2 aliphatic carbocycles. The maximum atomic E-state index is 5.04. The van der Waals surface area contributed by atoms with Crippen molar-refractivity contribution in [1.82, 2.24) is 9.55 Å².